The average Bonchev–Trinajstić information content (AvgIpc) is 2.38. The lowest BCUT2D eigenvalue weighted by Crippen LogP contribution is -2.28. The number of nitrogens with one attached hydrogen (secondary N) is 1. The summed E-state index contributed by atoms with van der Waals surface area (Å²) >= 11 is 0. The molecule has 0 saturated heterocycles. The number of aliphatic hydroxyl groups is 1. The van der Waals surface area contributed by atoms with E-state index in [2.05, 4.69) is 15.3 Å². The summed E-state index contributed by atoms with van der Waals surface area (Å²) < 4.78 is 0. The van der Waals surface area contributed by atoms with E-state index in [0.717, 1.165) is 12.8 Å². The number of nitrogens with zero attached hydrogens (tertiary/aromatic N) is 2. The van der Waals surface area contributed by atoms with Crippen LogP contribution in [0.15, 0.2) is 12.4 Å². The van der Waals surface area contributed by atoms with Crippen molar-refractivity contribution in [1.82, 2.24) is 9.97 Å². The van der Waals surface area contributed by atoms with Gasteiger partial charge in [0.15, 0.2) is 5.69 Å². The minimum absolute atomic E-state index is 0.114. The van der Waals surface area contributed by atoms with Crippen molar-refractivity contribution < 1.29 is 15.0 Å². The number of carboxylic acids is 1. The highest BCUT2D eigenvalue weighted by Crippen LogP contribution is 2.13. The van der Waals surface area contributed by atoms with Crippen molar-refractivity contribution in [3.63, 3.8) is 0 Å². The van der Waals surface area contributed by atoms with Gasteiger partial charge in [-0.2, -0.15) is 0 Å². The Labute approximate surface area is 106 Å². The Morgan fingerprint density at radius 3 is 2.61 bits per heavy atom. The van der Waals surface area contributed by atoms with Gasteiger partial charge < -0.3 is 15.5 Å². The second kappa shape index (κ2) is 6.90. The van der Waals surface area contributed by atoms with E-state index in [0.29, 0.717) is 12.4 Å². The molecule has 0 aliphatic carbocycles. The van der Waals surface area contributed by atoms with Gasteiger partial charge in [-0.15, -0.1) is 0 Å². The molecule has 1 heterocycles. The van der Waals surface area contributed by atoms with Crippen LogP contribution in [0.5, 0.6) is 0 Å². The van der Waals surface area contributed by atoms with Gasteiger partial charge in [0.05, 0.1) is 18.5 Å². The van der Waals surface area contributed by atoms with Gasteiger partial charge in [0.25, 0.3) is 0 Å². The second-order valence-electron chi connectivity index (χ2n) is 4.12. The molecule has 0 amide bonds. The molecule has 1 rings (SSSR count). The number of aromatic nitrogens is 2. The molecule has 3 N–H and O–H groups in total. The zero-order valence-corrected chi connectivity index (χ0v) is 10.6. The molecule has 0 aromatic carbocycles. The number of carbonyl (C=O) groups is 1. The number of aromatic carboxylic acids is 1. The quantitative estimate of drug-likeness (QED) is 0.679. The van der Waals surface area contributed by atoms with Gasteiger partial charge in [-0.1, -0.05) is 26.7 Å². The van der Waals surface area contributed by atoms with E-state index < -0.39 is 12.1 Å². The Morgan fingerprint density at radius 1 is 1.39 bits per heavy atom. The van der Waals surface area contributed by atoms with E-state index in [-0.39, 0.29) is 11.6 Å². The first-order valence-corrected chi connectivity index (χ1v) is 6.05. The highest BCUT2D eigenvalue weighted by molar-refractivity contribution is 5.85. The second-order valence-corrected chi connectivity index (χ2v) is 4.12. The van der Waals surface area contributed by atoms with Crippen molar-refractivity contribution in [1.29, 1.82) is 0 Å². The van der Waals surface area contributed by atoms with E-state index in [9.17, 15) is 9.90 Å². The first-order valence-electron chi connectivity index (χ1n) is 6.05. The smallest absolute Gasteiger partial charge is 0.356 e. The third-order valence-electron chi connectivity index (χ3n) is 2.94. The van der Waals surface area contributed by atoms with Gasteiger partial charge in [-0.25, -0.2) is 9.78 Å². The summed E-state index contributed by atoms with van der Waals surface area (Å²) in [5.74, 6) is -0.528. The maximum atomic E-state index is 10.7. The lowest BCUT2D eigenvalue weighted by atomic mass is 9.97. The third-order valence-corrected chi connectivity index (χ3v) is 2.94. The topological polar surface area (TPSA) is 95.3 Å². The molecule has 0 radical (unpaired) electrons. The van der Waals surface area contributed by atoms with Gasteiger partial charge in [0.1, 0.15) is 5.82 Å². The predicted molar refractivity (Wildman–Crippen MR) is 67.6 cm³/mol. The molecule has 0 saturated carbocycles. The molecule has 0 spiro atoms. The fourth-order valence-electron chi connectivity index (χ4n) is 1.76. The molecule has 18 heavy (non-hydrogen) atoms. The van der Waals surface area contributed by atoms with Crippen LogP contribution in [0.3, 0.4) is 0 Å². The first kappa shape index (κ1) is 14.4. The van der Waals surface area contributed by atoms with E-state index in [4.69, 9.17) is 5.11 Å². The van der Waals surface area contributed by atoms with Crippen LogP contribution in [0, 0.1) is 5.92 Å². The van der Waals surface area contributed by atoms with Gasteiger partial charge in [0.2, 0.25) is 0 Å². The maximum Gasteiger partial charge on any atom is 0.356 e. The van der Waals surface area contributed by atoms with Crippen LogP contribution in [0.4, 0.5) is 5.82 Å². The number of anilines is 1. The number of hydrogen-bond acceptors (Lipinski definition) is 5. The van der Waals surface area contributed by atoms with Crippen molar-refractivity contribution in [2.45, 2.75) is 32.8 Å². The Balaban J connectivity index is 2.58. The SMILES string of the molecule is CCC(CC)C(O)CNc1cncc(C(=O)O)n1. The van der Waals surface area contributed by atoms with Crippen molar-refractivity contribution in [3.05, 3.63) is 18.1 Å². The molecule has 1 aromatic rings. The predicted octanol–water partition coefficient (Wildman–Crippen LogP) is 1.38. The summed E-state index contributed by atoms with van der Waals surface area (Å²) in [5.41, 5.74) is -0.114. The summed E-state index contributed by atoms with van der Waals surface area (Å²) in [5, 5.41) is 21.6. The minimum Gasteiger partial charge on any atom is -0.476 e. The summed E-state index contributed by atoms with van der Waals surface area (Å²) in [4.78, 5) is 18.4. The molecule has 1 atom stereocenters. The molecular formula is C12H19N3O3. The third kappa shape index (κ3) is 3.96. The molecule has 1 aromatic heterocycles. The van der Waals surface area contributed by atoms with Crippen molar-refractivity contribution in [2.24, 2.45) is 5.92 Å². The van der Waals surface area contributed by atoms with Crippen LogP contribution >= 0.6 is 0 Å². The van der Waals surface area contributed by atoms with Crippen LogP contribution in [0.25, 0.3) is 0 Å². The molecule has 6 heteroatoms. The molecule has 0 bridgehead atoms. The monoisotopic (exact) mass is 253 g/mol. The van der Waals surface area contributed by atoms with Gasteiger partial charge >= 0.3 is 5.97 Å². The fourth-order valence-corrected chi connectivity index (χ4v) is 1.76. The van der Waals surface area contributed by atoms with E-state index >= 15 is 0 Å². The Kier molecular flexibility index (Phi) is 5.51. The lowest BCUT2D eigenvalue weighted by molar-refractivity contribution is 0.0690. The van der Waals surface area contributed by atoms with Crippen LogP contribution in [0.1, 0.15) is 37.2 Å². The minimum atomic E-state index is -1.12. The van der Waals surface area contributed by atoms with Crippen LogP contribution in [0.2, 0.25) is 0 Å². The molecule has 6 nitrogen and oxygen atoms in total. The van der Waals surface area contributed by atoms with E-state index in [1.165, 1.54) is 12.4 Å². The average molecular weight is 253 g/mol. The Hall–Kier alpha value is -1.69. The molecule has 100 valence electrons. The summed E-state index contributed by atoms with van der Waals surface area (Å²) in [6.07, 6.45) is 3.95. The van der Waals surface area contributed by atoms with Crippen molar-refractivity contribution >= 4 is 11.8 Å². The first-order chi connectivity index (χ1) is 8.58. The Morgan fingerprint density at radius 2 is 2.06 bits per heavy atom. The van der Waals surface area contributed by atoms with Crippen molar-refractivity contribution in [2.75, 3.05) is 11.9 Å². The maximum absolute atomic E-state index is 10.7. The number of carboxylic acid groups (broad SMARTS) is 1. The molecule has 1 unspecified atom stereocenters. The molecular weight excluding hydrogens is 234 g/mol. The zero-order valence-electron chi connectivity index (χ0n) is 10.6. The molecule has 0 aliphatic rings. The highest BCUT2D eigenvalue weighted by atomic mass is 16.4. The van der Waals surface area contributed by atoms with Gasteiger partial charge in [-0.3, -0.25) is 4.98 Å². The van der Waals surface area contributed by atoms with Crippen molar-refractivity contribution in [3.8, 4) is 0 Å². The number of rotatable bonds is 7. The van der Waals surface area contributed by atoms with Crippen LogP contribution in [-0.4, -0.2) is 38.8 Å². The number of aliphatic hydroxyl groups excluding tert-OH is 1. The summed E-state index contributed by atoms with van der Waals surface area (Å²) in [6.45, 7) is 4.40. The van der Waals surface area contributed by atoms with Crippen LogP contribution < -0.4 is 5.32 Å². The fraction of sp³-hybridized carbons (Fsp3) is 0.583. The molecule has 0 aliphatic heterocycles. The van der Waals surface area contributed by atoms with Crippen LogP contribution in [-0.2, 0) is 0 Å². The normalized spacial score (nSPS) is 12.4. The lowest BCUT2D eigenvalue weighted by Gasteiger charge is -2.20. The van der Waals surface area contributed by atoms with E-state index in [1.54, 1.807) is 0 Å². The van der Waals surface area contributed by atoms with Gasteiger partial charge in [-0.05, 0) is 5.92 Å². The zero-order chi connectivity index (χ0) is 13.5. The Bertz CT molecular complexity index is 394. The van der Waals surface area contributed by atoms with Gasteiger partial charge in [0, 0.05) is 6.54 Å². The number of hydrogen-bond donors (Lipinski definition) is 3. The molecule has 0 fully saturated rings. The highest BCUT2D eigenvalue weighted by Gasteiger charge is 2.15. The standard InChI is InChI=1S/C12H19N3O3/c1-3-8(4-2)10(16)6-14-11-7-13-5-9(15-11)12(17)18/h5,7-8,10,16H,3-4,6H2,1-2H3,(H,14,15)(H,17,18). The summed E-state index contributed by atoms with van der Waals surface area (Å²) in [7, 11) is 0. The van der Waals surface area contributed by atoms with E-state index in [1.807, 2.05) is 13.8 Å². The summed E-state index contributed by atoms with van der Waals surface area (Å²) in [6, 6.07) is 0. The largest absolute Gasteiger partial charge is 0.476 e.